The molecular formula is C22H22N4O2S. The standard InChI is InChI=1S/C22H22N4O2S/c1-14(2)25-17-11-7-5-10-16(17)20(21(25)27)24-26-18(13-29-22(26)23-3)15-9-6-8-12-19(15)28-4/h5-14H,1-4H3. The monoisotopic (exact) mass is 406 g/mol. The molecule has 1 aromatic heterocycles. The summed E-state index contributed by atoms with van der Waals surface area (Å²) in [6, 6.07) is 15.6. The molecule has 1 aliphatic heterocycles. The van der Waals surface area contributed by atoms with Crippen molar-refractivity contribution >= 4 is 28.6 Å². The Labute approximate surface area is 173 Å². The van der Waals surface area contributed by atoms with Gasteiger partial charge in [0.2, 0.25) is 4.80 Å². The summed E-state index contributed by atoms with van der Waals surface area (Å²) < 4.78 is 7.26. The van der Waals surface area contributed by atoms with Crippen LogP contribution in [0.1, 0.15) is 19.4 Å². The molecule has 1 aliphatic rings. The number of carbonyl (C=O) groups excluding carboxylic acids is 1. The Morgan fingerprint density at radius 1 is 1.03 bits per heavy atom. The van der Waals surface area contributed by atoms with Crippen LogP contribution >= 0.6 is 11.3 Å². The number of fused-ring (bicyclic) bond motifs is 1. The molecule has 0 unspecified atom stereocenters. The van der Waals surface area contributed by atoms with Gasteiger partial charge in [-0.2, -0.15) is 5.10 Å². The van der Waals surface area contributed by atoms with Crippen molar-refractivity contribution in [1.29, 1.82) is 0 Å². The van der Waals surface area contributed by atoms with Crippen molar-refractivity contribution in [2.75, 3.05) is 19.1 Å². The molecule has 148 valence electrons. The normalized spacial score (nSPS) is 15.5. The van der Waals surface area contributed by atoms with Gasteiger partial charge in [0, 0.05) is 29.6 Å². The summed E-state index contributed by atoms with van der Waals surface area (Å²) in [6.45, 7) is 4.00. The maximum absolute atomic E-state index is 13.2. The number of hydrogen-bond donors (Lipinski definition) is 0. The zero-order valence-corrected chi connectivity index (χ0v) is 17.6. The van der Waals surface area contributed by atoms with Crippen molar-refractivity contribution in [1.82, 2.24) is 4.68 Å². The van der Waals surface area contributed by atoms with Gasteiger partial charge in [-0.3, -0.25) is 9.79 Å². The lowest BCUT2D eigenvalue weighted by molar-refractivity contribution is -0.112. The van der Waals surface area contributed by atoms with Gasteiger partial charge >= 0.3 is 0 Å². The van der Waals surface area contributed by atoms with E-state index in [0.29, 0.717) is 10.5 Å². The van der Waals surface area contributed by atoms with E-state index >= 15 is 0 Å². The lowest BCUT2D eigenvalue weighted by Crippen LogP contribution is -2.36. The molecule has 2 aromatic carbocycles. The molecule has 0 radical (unpaired) electrons. The van der Waals surface area contributed by atoms with E-state index in [0.717, 1.165) is 28.3 Å². The third-order valence-electron chi connectivity index (χ3n) is 4.82. The van der Waals surface area contributed by atoms with Gasteiger partial charge in [0.25, 0.3) is 5.91 Å². The number of methoxy groups -OCH3 is 1. The Kier molecular flexibility index (Phi) is 5.07. The van der Waals surface area contributed by atoms with Crippen LogP contribution in [0.5, 0.6) is 5.75 Å². The van der Waals surface area contributed by atoms with Crippen molar-refractivity contribution in [2.24, 2.45) is 10.1 Å². The molecule has 1 amide bonds. The molecule has 7 heteroatoms. The Morgan fingerprint density at radius 2 is 1.72 bits per heavy atom. The first kappa shape index (κ1) is 19.1. The van der Waals surface area contributed by atoms with Crippen molar-refractivity contribution in [3.8, 4) is 17.0 Å². The van der Waals surface area contributed by atoms with Gasteiger partial charge in [0.15, 0.2) is 5.71 Å². The zero-order valence-electron chi connectivity index (χ0n) is 16.8. The van der Waals surface area contributed by atoms with E-state index in [4.69, 9.17) is 9.84 Å². The fraction of sp³-hybridized carbons (Fsp3) is 0.227. The van der Waals surface area contributed by atoms with Crippen LogP contribution in [0.25, 0.3) is 11.3 Å². The Morgan fingerprint density at radius 3 is 2.41 bits per heavy atom. The number of benzene rings is 2. The molecule has 0 bridgehead atoms. The number of rotatable bonds is 4. The number of amides is 1. The van der Waals surface area contributed by atoms with E-state index < -0.39 is 0 Å². The van der Waals surface area contributed by atoms with E-state index in [2.05, 4.69) is 4.99 Å². The van der Waals surface area contributed by atoms with E-state index in [1.54, 1.807) is 23.7 Å². The molecule has 0 N–H and O–H groups in total. The van der Waals surface area contributed by atoms with Gasteiger partial charge in [0.05, 0.1) is 18.5 Å². The molecule has 0 fully saturated rings. The fourth-order valence-corrected chi connectivity index (χ4v) is 4.31. The molecule has 4 rings (SSSR count). The zero-order chi connectivity index (χ0) is 20.5. The first-order valence-electron chi connectivity index (χ1n) is 9.35. The lowest BCUT2D eigenvalue weighted by Gasteiger charge is -2.20. The lowest BCUT2D eigenvalue weighted by atomic mass is 10.1. The molecule has 2 heterocycles. The third kappa shape index (κ3) is 3.17. The van der Waals surface area contributed by atoms with Crippen molar-refractivity contribution in [3.05, 3.63) is 64.3 Å². The second kappa shape index (κ2) is 7.67. The molecule has 0 atom stereocenters. The number of thiazole rings is 1. The average molecular weight is 407 g/mol. The summed E-state index contributed by atoms with van der Waals surface area (Å²) in [4.78, 5) is 20.1. The summed E-state index contributed by atoms with van der Waals surface area (Å²) in [5.41, 5.74) is 3.85. The highest BCUT2D eigenvalue weighted by Crippen LogP contribution is 2.33. The topological polar surface area (TPSA) is 59.2 Å². The highest BCUT2D eigenvalue weighted by molar-refractivity contribution is 7.07. The van der Waals surface area contributed by atoms with Crippen LogP contribution in [0.4, 0.5) is 5.69 Å². The molecule has 0 aliphatic carbocycles. The predicted molar refractivity (Wildman–Crippen MR) is 117 cm³/mol. The van der Waals surface area contributed by atoms with Crippen molar-refractivity contribution < 1.29 is 9.53 Å². The Hall–Kier alpha value is -3.19. The van der Waals surface area contributed by atoms with Crippen LogP contribution in [-0.2, 0) is 4.79 Å². The molecule has 0 saturated heterocycles. The number of aromatic nitrogens is 1. The number of ether oxygens (including phenoxy) is 1. The first-order valence-corrected chi connectivity index (χ1v) is 10.2. The van der Waals surface area contributed by atoms with E-state index in [1.807, 2.05) is 67.8 Å². The molecule has 6 nitrogen and oxygen atoms in total. The first-order chi connectivity index (χ1) is 14.1. The molecule has 0 spiro atoms. The SMILES string of the molecule is CN=c1scc(-c2ccccc2OC)n1N=C1C(=O)N(C(C)C)c2ccccc21. The fourth-order valence-electron chi connectivity index (χ4n) is 3.52. The van der Waals surface area contributed by atoms with Crippen molar-refractivity contribution in [2.45, 2.75) is 19.9 Å². The van der Waals surface area contributed by atoms with E-state index in [9.17, 15) is 4.79 Å². The number of para-hydroxylation sites is 2. The number of anilines is 1. The van der Waals surface area contributed by atoms with Crippen LogP contribution in [0, 0.1) is 0 Å². The maximum atomic E-state index is 13.2. The van der Waals surface area contributed by atoms with Gasteiger partial charge in [-0.25, -0.2) is 4.68 Å². The second-order valence-electron chi connectivity index (χ2n) is 6.87. The summed E-state index contributed by atoms with van der Waals surface area (Å²) in [6.07, 6.45) is 0. The van der Waals surface area contributed by atoms with Crippen LogP contribution in [0.15, 0.2) is 64.0 Å². The summed E-state index contributed by atoms with van der Waals surface area (Å²) in [5.74, 6) is 0.636. The van der Waals surface area contributed by atoms with Gasteiger partial charge in [0.1, 0.15) is 5.75 Å². The summed E-state index contributed by atoms with van der Waals surface area (Å²) in [5, 5.41) is 6.78. The molecular weight excluding hydrogens is 384 g/mol. The number of nitrogens with zero attached hydrogens (tertiary/aromatic N) is 4. The van der Waals surface area contributed by atoms with Gasteiger partial charge in [-0.05, 0) is 32.0 Å². The van der Waals surface area contributed by atoms with Crippen LogP contribution in [-0.4, -0.2) is 36.5 Å². The Balaban J connectivity index is 1.94. The molecule has 3 aromatic rings. The predicted octanol–water partition coefficient (Wildman–Crippen LogP) is 3.76. The van der Waals surface area contributed by atoms with Crippen LogP contribution < -0.4 is 14.4 Å². The van der Waals surface area contributed by atoms with Crippen LogP contribution in [0.2, 0.25) is 0 Å². The minimum atomic E-state index is -0.104. The summed E-state index contributed by atoms with van der Waals surface area (Å²) in [7, 11) is 3.36. The Bertz CT molecular complexity index is 1170. The van der Waals surface area contributed by atoms with E-state index in [1.165, 1.54) is 11.3 Å². The van der Waals surface area contributed by atoms with Gasteiger partial charge < -0.3 is 9.64 Å². The highest BCUT2D eigenvalue weighted by atomic mass is 32.1. The smallest absolute Gasteiger partial charge is 0.279 e. The molecule has 0 saturated carbocycles. The number of carbonyl (C=O) groups is 1. The third-order valence-corrected chi connectivity index (χ3v) is 5.72. The van der Waals surface area contributed by atoms with Gasteiger partial charge in [-0.15, -0.1) is 11.3 Å². The quantitative estimate of drug-likeness (QED) is 0.662. The number of hydrogen-bond acceptors (Lipinski definition) is 5. The maximum Gasteiger partial charge on any atom is 0.279 e. The minimum Gasteiger partial charge on any atom is -0.496 e. The second-order valence-corrected chi connectivity index (χ2v) is 7.71. The highest BCUT2D eigenvalue weighted by Gasteiger charge is 2.35. The van der Waals surface area contributed by atoms with Crippen molar-refractivity contribution in [3.63, 3.8) is 0 Å². The summed E-state index contributed by atoms with van der Waals surface area (Å²) >= 11 is 1.47. The largest absolute Gasteiger partial charge is 0.496 e. The average Bonchev–Trinajstić information content (AvgIpc) is 3.26. The van der Waals surface area contributed by atoms with E-state index in [-0.39, 0.29) is 11.9 Å². The van der Waals surface area contributed by atoms with Gasteiger partial charge in [-0.1, -0.05) is 30.3 Å². The molecule has 29 heavy (non-hydrogen) atoms. The van der Waals surface area contributed by atoms with Crippen LogP contribution in [0.3, 0.4) is 0 Å². The minimum absolute atomic E-state index is 0.0350.